The predicted molar refractivity (Wildman–Crippen MR) is 60.9 cm³/mol. The van der Waals surface area contributed by atoms with Crippen LogP contribution in [0.4, 0.5) is 0 Å². The minimum atomic E-state index is -0.513. The van der Waals surface area contributed by atoms with E-state index in [1.165, 1.54) is 4.90 Å². The highest BCUT2D eigenvalue weighted by Crippen LogP contribution is 2.22. The minimum absolute atomic E-state index is 0.0461. The van der Waals surface area contributed by atoms with Crippen molar-refractivity contribution in [3.8, 4) is 11.5 Å². The van der Waals surface area contributed by atoms with Crippen LogP contribution in [0.1, 0.15) is 6.42 Å². The summed E-state index contributed by atoms with van der Waals surface area (Å²) < 4.78 is 15.2. The van der Waals surface area contributed by atoms with Crippen LogP contribution in [0.25, 0.3) is 0 Å². The molecular formula is C12H13NO5. The van der Waals surface area contributed by atoms with Crippen LogP contribution < -0.4 is 9.47 Å². The van der Waals surface area contributed by atoms with Crippen LogP contribution in [-0.4, -0.2) is 37.3 Å². The van der Waals surface area contributed by atoms with Gasteiger partial charge in [0, 0.05) is 6.07 Å². The molecule has 1 aromatic carbocycles. The lowest BCUT2D eigenvalue weighted by Crippen LogP contribution is -2.55. The van der Waals surface area contributed by atoms with Gasteiger partial charge in [-0.05, 0) is 12.1 Å². The number of likely N-dealkylation sites (tertiary alicyclic amines) is 1. The van der Waals surface area contributed by atoms with Gasteiger partial charge in [0.25, 0.3) is 6.47 Å². The molecular weight excluding hydrogens is 238 g/mol. The van der Waals surface area contributed by atoms with E-state index < -0.39 is 6.23 Å². The first kappa shape index (κ1) is 12.2. The van der Waals surface area contributed by atoms with E-state index in [9.17, 15) is 9.59 Å². The van der Waals surface area contributed by atoms with Crippen molar-refractivity contribution < 1.29 is 23.8 Å². The Morgan fingerprint density at radius 2 is 2.22 bits per heavy atom. The third-order valence-corrected chi connectivity index (χ3v) is 2.64. The molecule has 0 N–H and O–H groups in total. The summed E-state index contributed by atoms with van der Waals surface area (Å²) in [4.78, 5) is 22.8. The number of carbonyl (C=O) groups is 2. The third-order valence-electron chi connectivity index (χ3n) is 2.64. The highest BCUT2D eigenvalue weighted by molar-refractivity contribution is 5.82. The fourth-order valence-corrected chi connectivity index (χ4v) is 1.60. The van der Waals surface area contributed by atoms with Crippen LogP contribution in [0.2, 0.25) is 0 Å². The van der Waals surface area contributed by atoms with Gasteiger partial charge in [-0.25, -0.2) is 0 Å². The number of carbonyl (C=O) groups excluding carboxylic acids is 2. The quantitative estimate of drug-likeness (QED) is 0.551. The molecule has 0 radical (unpaired) electrons. The lowest BCUT2D eigenvalue weighted by molar-refractivity contribution is -0.182. The average Bonchev–Trinajstić information content (AvgIpc) is 2.39. The molecule has 1 aliphatic rings. The van der Waals surface area contributed by atoms with Gasteiger partial charge in [-0.15, -0.1) is 0 Å². The molecule has 1 saturated heterocycles. The minimum Gasteiger partial charge on any atom is -0.497 e. The first-order chi connectivity index (χ1) is 8.74. The van der Waals surface area contributed by atoms with Crippen molar-refractivity contribution in [3.05, 3.63) is 24.3 Å². The molecule has 2 rings (SSSR count). The van der Waals surface area contributed by atoms with E-state index in [0.29, 0.717) is 18.0 Å². The predicted octanol–water partition coefficient (Wildman–Crippen LogP) is 0.763. The lowest BCUT2D eigenvalue weighted by atomic mass is 10.2. The normalized spacial score (nSPS) is 17.9. The van der Waals surface area contributed by atoms with E-state index >= 15 is 0 Å². The topological polar surface area (TPSA) is 65.1 Å². The van der Waals surface area contributed by atoms with Crippen molar-refractivity contribution >= 4 is 12.4 Å². The van der Waals surface area contributed by atoms with Gasteiger partial charge in [0.05, 0.1) is 13.5 Å². The number of methoxy groups -OCH3 is 1. The van der Waals surface area contributed by atoms with Crippen LogP contribution in [0.5, 0.6) is 11.5 Å². The highest BCUT2D eigenvalue weighted by Gasteiger charge is 2.38. The van der Waals surface area contributed by atoms with Crippen LogP contribution in [0.3, 0.4) is 0 Å². The van der Waals surface area contributed by atoms with Crippen LogP contribution in [0, 0.1) is 0 Å². The molecule has 18 heavy (non-hydrogen) atoms. The molecule has 1 atom stereocenters. The maximum Gasteiger partial charge on any atom is 0.295 e. The number of benzene rings is 1. The van der Waals surface area contributed by atoms with E-state index in [4.69, 9.17) is 14.2 Å². The molecule has 1 fully saturated rings. The van der Waals surface area contributed by atoms with Crippen molar-refractivity contribution in [1.82, 2.24) is 4.90 Å². The Morgan fingerprint density at radius 1 is 1.44 bits per heavy atom. The van der Waals surface area contributed by atoms with Crippen molar-refractivity contribution in [2.45, 2.75) is 12.6 Å². The summed E-state index contributed by atoms with van der Waals surface area (Å²) in [5.41, 5.74) is 0. The van der Waals surface area contributed by atoms with Gasteiger partial charge in [0.15, 0.2) is 13.0 Å². The summed E-state index contributed by atoms with van der Waals surface area (Å²) in [6, 6.07) is 7.04. The summed E-state index contributed by atoms with van der Waals surface area (Å²) in [5, 5.41) is 0. The van der Waals surface area contributed by atoms with Crippen LogP contribution in [0.15, 0.2) is 24.3 Å². The maximum atomic E-state index is 11.3. The van der Waals surface area contributed by atoms with Gasteiger partial charge < -0.3 is 14.2 Å². The number of β-lactam (4-membered cyclic amide) rings is 1. The second-order valence-corrected chi connectivity index (χ2v) is 3.71. The summed E-state index contributed by atoms with van der Waals surface area (Å²) in [6.07, 6.45) is -0.305. The molecule has 0 aliphatic carbocycles. The second-order valence-electron chi connectivity index (χ2n) is 3.71. The number of nitrogens with zero attached hydrogens (tertiary/aromatic N) is 1. The van der Waals surface area contributed by atoms with E-state index in [2.05, 4.69) is 0 Å². The first-order valence-electron chi connectivity index (χ1n) is 5.40. The van der Waals surface area contributed by atoms with E-state index in [1.807, 2.05) is 0 Å². The summed E-state index contributed by atoms with van der Waals surface area (Å²) >= 11 is 0. The Balaban J connectivity index is 1.90. The molecule has 0 aromatic heterocycles. The molecule has 1 heterocycles. The van der Waals surface area contributed by atoms with Crippen molar-refractivity contribution in [3.63, 3.8) is 0 Å². The number of amides is 1. The highest BCUT2D eigenvalue weighted by atomic mass is 16.6. The molecule has 6 nitrogen and oxygen atoms in total. The van der Waals surface area contributed by atoms with E-state index in [0.717, 1.165) is 0 Å². The molecule has 1 unspecified atom stereocenters. The standard InChI is InChI=1S/C12H13NO5/c1-16-9-3-2-4-10(5-9)17-7-13-11(15)6-12(13)18-8-14/h2-5,8,12H,6-7H2,1H3. The lowest BCUT2D eigenvalue weighted by Gasteiger charge is -2.37. The van der Waals surface area contributed by atoms with Gasteiger partial charge in [-0.1, -0.05) is 6.07 Å². The average molecular weight is 251 g/mol. The molecule has 0 spiro atoms. The smallest absolute Gasteiger partial charge is 0.295 e. The molecule has 0 saturated carbocycles. The Morgan fingerprint density at radius 3 is 2.89 bits per heavy atom. The number of ether oxygens (including phenoxy) is 3. The van der Waals surface area contributed by atoms with Gasteiger partial charge in [-0.2, -0.15) is 0 Å². The van der Waals surface area contributed by atoms with Crippen molar-refractivity contribution in [2.24, 2.45) is 0 Å². The largest absolute Gasteiger partial charge is 0.497 e. The van der Waals surface area contributed by atoms with Crippen LogP contribution in [-0.2, 0) is 14.3 Å². The second kappa shape index (κ2) is 5.39. The van der Waals surface area contributed by atoms with Gasteiger partial charge in [-0.3, -0.25) is 14.5 Å². The SMILES string of the molecule is COc1cccc(OCN2C(=O)CC2OC=O)c1. The molecule has 6 heteroatoms. The molecule has 1 aromatic rings. The van der Waals surface area contributed by atoms with E-state index in [-0.39, 0.29) is 19.1 Å². The Hall–Kier alpha value is -2.24. The zero-order valence-electron chi connectivity index (χ0n) is 9.87. The molecule has 0 bridgehead atoms. The molecule has 1 aliphatic heterocycles. The Bertz CT molecular complexity index is 446. The fourth-order valence-electron chi connectivity index (χ4n) is 1.60. The molecule has 1 amide bonds. The number of rotatable bonds is 6. The number of hydrogen-bond acceptors (Lipinski definition) is 5. The van der Waals surface area contributed by atoms with Gasteiger partial charge in [0.1, 0.15) is 11.5 Å². The van der Waals surface area contributed by atoms with E-state index in [1.54, 1.807) is 31.4 Å². The summed E-state index contributed by atoms with van der Waals surface area (Å²) in [6.45, 7) is 0.375. The Labute approximate surface area is 104 Å². The fraction of sp³-hybridized carbons (Fsp3) is 0.333. The summed E-state index contributed by atoms with van der Waals surface area (Å²) in [7, 11) is 1.56. The Kier molecular flexibility index (Phi) is 3.66. The maximum absolute atomic E-state index is 11.3. The third kappa shape index (κ3) is 2.53. The van der Waals surface area contributed by atoms with Crippen LogP contribution >= 0.6 is 0 Å². The van der Waals surface area contributed by atoms with Crippen molar-refractivity contribution in [2.75, 3.05) is 13.8 Å². The summed E-state index contributed by atoms with van der Waals surface area (Å²) in [5.74, 6) is 1.15. The van der Waals surface area contributed by atoms with Gasteiger partial charge >= 0.3 is 0 Å². The molecule has 96 valence electrons. The van der Waals surface area contributed by atoms with Crippen molar-refractivity contribution in [1.29, 1.82) is 0 Å². The van der Waals surface area contributed by atoms with Gasteiger partial charge in [0.2, 0.25) is 5.91 Å². The first-order valence-corrected chi connectivity index (χ1v) is 5.40. The zero-order chi connectivity index (χ0) is 13.0. The zero-order valence-corrected chi connectivity index (χ0v) is 9.87. The number of hydrogen-bond donors (Lipinski definition) is 0. The monoisotopic (exact) mass is 251 g/mol.